The maximum Gasteiger partial charge on any atom is 0.345 e. The van der Waals surface area contributed by atoms with Crippen LogP contribution in [0.3, 0.4) is 0 Å². The maximum absolute atomic E-state index is 14.0. The number of hydrogen-bond donors (Lipinski definition) is 0. The largest absolute Gasteiger partial charge is 0.493 e. The molecule has 1 aliphatic heterocycles. The van der Waals surface area contributed by atoms with Crippen molar-refractivity contribution in [1.82, 2.24) is 4.90 Å². The first-order valence-electron chi connectivity index (χ1n) is 10.0. The Kier molecular flexibility index (Phi) is 7.00. The summed E-state index contributed by atoms with van der Waals surface area (Å²) in [6, 6.07) is 17.2. The summed E-state index contributed by atoms with van der Waals surface area (Å²) < 4.78 is 24.7. The Hall–Kier alpha value is -3.62. The minimum Gasteiger partial charge on any atom is -0.493 e. The van der Waals surface area contributed by atoms with Gasteiger partial charge in [-0.3, -0.25) is 14.5 Å². The lowest BCUT2D eigenvalue weighted by atomic mass is 10.1. The lowest BCUT2D eigenvalue weighted by Gasteiger charge is -2.13. The molecule has 3 aromatic carbocycles. The van der Waals surface area contributed by atoms with Crippen LogP contribution >= 0.6 is 23.4 Å². The number of methoxy groups -OCH3 is 1. The molecule has 1 aliphatic rings. The smallest absolute Gasteiger partial charge is 0.345 e. The Bertz CT molecular complexity index is 1330. The predicted octanol–water partition coefficient (Wildman–Crippen LogP) is 5.94. The standard InChI is InChI=1S/C25H17ClFNO5S/c1-32-21-12-15(10-11-20(21)33-24(30)17-7-3-4-8-18(17)26)13-22-23(29)28(25(31)34-22)14-16-6-2-5-9-19(16)27/h2-13H,14H2,1H3/b22-13-. The molecule has 9 heteroatoms. The summed E-state index contributed by atoms with van der Waals surface area (Å²) >= 11 is 6.81. The second kappa shape index (κ2) is 10.1. The number of carbonyl (C=O) groups excluding carboxylic acids is 3. The molecule has 0 radical (unpaired) electrons. The molecule has 0 bridgehead atoms. The van der Waals surface area contributed by atoms with E-state index in [0.29, 0.717) is 5.56 Å². The molecule has 1 heterocycles. The van der Waals surface area contributed by atoms with E-state index in [9.17, 15) is 18.8 Å². The van der Waals surface area contributed by atoms with E-state index in [1.165, 1.54) is 37.5 Å². The Balaban J connectivity index is 1.53. The van der Waals surface area contributed by atoms with Crippen LogP contribution in [0.1, 0.15) is 21.5 Å². The van der Waals surface area contributed by atoms with Gasteiger partial charge < -0.3 is 9.47 Å². The fourth-order valence-corrected chi connectivity index (χ4v) is 4.28. The second-order valence-corrected chi connectivity index (χ2v) is 8.54. The van der Waals surface area contributed by atoms with Gasteiger partial charge in [0, 0.05) is 5.56 Å². The van der Waals surface area contributed by atoms with Gasteiger partial charge in [0.1, 0.15) is 5.82 Å². The van der Waals surface area contributed by atoms with Crippen LogP contribution in [0.25, 0.3) is 6.08 Å². The average Bonchev–Trinajstić information content (AvgIpc) is 3.08. The third-order valence-corrected chi connectivity index (χ3v) is 6.18. The van der Waals surface area contributed by atoms with Gasteiger partial charge in [-0.05, 0) is 53.7 Å². The molecule has 3 aromatic rings. The van der Waals surface area contributed by atoms with Crippen LogP contribution in [0, 0.1) is 5.82 Å². The summed E-state index contributed by atoms with van der Waals surface area (Å²) in [7, 11) is 1.41. The molecule has 0 aromatic heterocycles. The SMILES string of the molecule is COc1cc(/C=C2\SC(=O)N(Cc3ccccc3F)C2=O)ccc1OC(=O)c1ccccc1Cl. The lowest BCUT2D eigenvalue weighted by molar-refractivity contribution is -0.123. The third kappa shape index (κ3) is 4.98. The summed E-state index contributed by atoms with van der Waals surface area (Å²) in [4.78, 5) is 38.8. The van der Waals surface area contributed by atoms with Crippen LogP contribution in [0.15, 0.2) is 71.6 Å². The highest BCUT2D eigenvalue weighted by Crippen LogP contribution is 2.35. The Morgan fingerprint density at radius 2 is 1.79 bits per heavy atom. The highest BCUT2D eigenvalue weighted by molar-refractivity contribution is 8.18. The van der Waals surface area contributed by atoms with Crippen molar-refractivity contribution < 1.29 is 28.2 Å². The Morgan fingerprint density at radius 3 is 2.53 bits per heavy atom. The van der Waals surface area contributed by atoms with Crippen molar-refractivity contribution >= 4 is 46.6 Å². The molecular formula is C25H17ClFNO5S. The van der Waals surface area contributed by atoms with Crippen molar-refractivity contribution in [3.05, 3.63) is 99.2 Å². The van der Waals surface area contributed by atoms with Gasteiger partial charge in [-0.2, -0.15) is 0 Å². The van der Waals surface area contributed by atoms with E-state index in [1.807, 2.05) is 0 Å². The van der Waals surface area contributed by atoms with Crippen molar-refractivity contribution in [1.29, 1.82) is 0 Å². The van der Waals surface area contributed by atoms with Crippen LogP contribution < -0.4 is 9.47 Å². The molecule has 0 N–H and O–H groups in total. The number of nitrogens with zero attached hydrogens (tertiary/aromatic N) is 1. The zero-order valence-corrected chi connectivity index (χ0v) is 19.4. The van der Waals surface area contributed by atoms with Gasteiger partial charge >= 0.3 is 5.97 Å². The highest BCUT2D eigenvalue weighted by Gasteiger charge is 2.35. The van der Waals surface area contributed by atoms with Crippen LogP contribution in [-0.2, 0) is 11.3 Å². The Labute approximate surface area is 203 Å². The zero-order chi connectivity index (χ0) is 24.2. The average molecular weight is 498 g/mol. The number of halogens is 2. The molecule has 0 spiro atoms. The van der Waals surface area contributed by atoms with Gasteiger partial charge in [0.25, 0.3) is 11.1 Å². The van der Waals surface area contributed by atoms with Gasteiger partial charge in [-0.15, -0.1) is 0 Å². The van der Waals surface area contributed by atoms with Gasteiger partial charge in [0.15, 0.2) is 11.5 Å². The molecule has 1 saturated heterocycles. The predicted molar refractivity (Wildman–Crippen MR) is 127 cm³/mol. The van der Waals surface area contributed by atoms with E-state index >= 15 is 0 Å². The molecule has 0 aliphatic carbocycles. The fraction of sp³-hybridized carbons (Fsp3) is 0.0800. The zero-order valence-electron chi connectivity index (χ0n) is 17.8. The number of esters is 1. The molecule has 2 amide bonds. The molecule has 0 unspecified atom stereocenters. The van der Waals surface area contributed by atoms with E-state index in [1.54, 1.807) is 42.5 Å². The molecule has 1 fully saturated rings. The Morgan fingerprint density at radius 1 is 1.06 bits per heavy atom. The van der Waals surface area contributed by atoms with E-state index < -0.39 is 22.9 Å². The first-order chi connectivity index (χ1) is 16.4. The van der Waals surface area contributed by atoms with Gasteiger partial charge in [0.05, 0.1) is 29.1 Å². The number of thioether (sulfide) groups is 1. The molecule has 0 saturated carbocycles. The van der Waals surface area contributed by atoms with Gasteiger partial charge in [-0.1, -0.05) is 48.0 Å². The first-order valence-corrected chi connectivity index (χ1v) is 11.2. The second-order valence-electron chi connectivity index (χ2n) is 7.14. The minimum absolute atomic E-state index is 0.158. The van der Waals surface area contributed by atoms with Crippen LogP contribution in [0.5, 0.6) is 11.5 Å². The molecule has 172 valence electrons. The van der Waals surface area contributed by atoms with Crippen LogP contribution in [0.2, 0.25) is 5.02 Å². The van der Waals surface area contributed by atoms with Crippen LogP contribution in [0.4, 0.5) is 9.18 Å². The monoisotopic (exact) mass is 497 g/mol. The molecule has 6 nitrogen and oxygen atoms in total. The lowest BCUT2D eigenvalue weighted by Crippen LogP contribution is -2.27. The summed E-state index contributed by atoms with van der Waals surface area (Å²) in [5.74, 6) is -1.24. The number of ether oxygens (including phenoxy) is 2. The minimum atomic E-state index is -0.647. The van der Waals surface area contributed by atoms with Crippen molar-refractivity contribution in [3.63, 3.8) is 0 Å². The topological polar surface area (TPSA) is 72.9 Å². The van der Waals surface area contributed by atoms with Crippen molar-refractivity contribution in [3.8, 4) is 11.5 Å². The molecule has 4 rings (SSSR count). The van der Waals surface area contributed by atoms with Crippen molar-refractivity contribution in [2.75, 3.05) is 7.11 Å². The summed E-state index contributed by atoms with van der Waals surface area (Å²) in [6.07, 6.45) is 1.52. The van der Waals surface area contributed by atoms with Crippen molar-refractivity contribution in [2.24, 2.45) is 0 Å². The highest BCUT2D eigenvalue weighted by atomic mass is 35.5. The summed E-state index contributed by atoms with van der Waals surface area (Å²) in [6.45, 7) is -0.158. The molecular weight excluding hydrogens is 481 g/mol. The first kappa shape index (κ1) is 23.5. The number of imide groups is 1. The molecule has 34 heavy (non-hydrogen) atoms. The number of amides is 2. The fourth-order valence-electron chi connectivity index (χ4n) is 3.22. The van der Waals surface area contributed by atoms with Crippen LogP contribution in [-0.4, -0.2) is 29.1 Å². The number of carbonyl (C=O) groups is 3. The quantitative estimate of drug-likeness (QED) is 0.238. The van der Waals surface area contributed by atoms with Gasteiger partial charge in [0.2, 0.25) is 0 Å². The summed E-state index contributed by atoms with van der Waals surface area (Å²) in [5, 5.41) is -0.231. The van der Waals surface area contributed by atoms with Crippen molar-refractivity contribution in [2.45, 2.75) is 6.54 Å². The third-order valence-electron chi connectivity index (χ3n) is 4.94. The number of hydrogen-bond acceptors (Lipinski definition) is 6. The van der Waals surface area contributed by atoms with E-state index in [-0.39, 0.29) is 39.1 Å². The maximum atomic E-state index is 14.0. The number of rotatable bonds is 6. The van der Waals surface area contributed by atoms with E-state index in [2.05, 4.69) is 0 Å². The van der Waals surface area contributed by atoms with Gasteiger partial charge in [-0.25, -0.2) is 9.18 Å². The molecule has 0 atom stereocenters. The van der Waals surface area contributed by atoms with E-state index in [4.69, 9.17) is 21.1 Å². The normalized spacial score (nSPS) is 14.6. The number of benzene rings is 3. The van der Waals surface area contributed by atoms with E-state index in [0.717, 1.165) is 16.7 Å². The summed E-state index contributed by atoms with van der Waals surface area (Å²) in [5.41, 5.74) is 1.00.